The normalized spacial score (nSPS) is 10.8. The molecule has 0 aliphatic rings. The summed E-state index contributed by atoms with van der Waals surface area (Å²) < 4.78 is 6.82. The van der Waals surface area contributed by atoms with Crippen molar-refractivity contribution in [1.29, 1.82) is 0 Å². The minimum Gasteiger partial charge on any atom is -0.454 e. The summed E-state index contributed by atoms with van der Waals surface area (Å²) in [6, 6.07) is 8.85. The van der Waals surface area contributed by atoms with Crippen molar-refractivity contribution in [2.24, 2.45) is 7.05 Å². The Balaban J connectivity index is 1.54. The summed E-state index contributed by atoms with van der Waals surface area (Å²) in [5.74, 6) is -0.924. The predicted molar refractivity (Wildman–Crippen MR) is 111 cm³/mol. The zero-order valence-corrected chi connectivity index (χ0v) is 17.3. The Morgan fingerprint density at radius 2 is 1.87 bits per heavy atom. The van der Waals surface area contributed by atoms with Crippen molar-refractivity contribution in [3.05, 3.63) is 58.9 Å². The van der Waals surface area contributed by atoms with Gasteiger partial charge in [-0.05, 0) is 31.4 Å². The summed E-state index contributed by atoms with van der Waals surface area (Å²) in [4.78, 5) is 39.8. The summed E-state index contributed by atoms with van der Waals surface area (Å²) in [6.45, 7) is 3.60. The molecule has 156 valence electrons. The average molecular weight is 408 g/mol. The number of hydrogen-bond acceptors (Lipinski definition) is 6. The van der Waals surface area contributed by atoms with Crippen LogP contribution in [0.5, 0.6) is 0 Å². The van der Waals surface area contributed by atoms with Gasteiger partial charge in [-0.1, -0.05) is 24.3 Å². The predicted octanol–water partition coefficient (Wildman–Crippen LogP) is 2.39. The molecule has 0 atom stereocenters. The number of carbonyl (C=O) groups is 3. The molecule has 0 radical (unpaired) electrons. The third kappa shape index (κ3) is 5.08. The minimum absolute atomic E-state index is 0.0447. The number of ketones is 1. The lowest BCUT2D eigenvalue weighted by atomic mass is 10.1. The van der Waals surface area contributed by atoms with Crippen LogP contribution in [-0.4, -0.2) is 45.6 Å². The molecule has 0 saturated carbocycles. The third-order valence-electron chi connectivity index (χ3n) is 4.73. The lowest BCUT2D eigenvalue weighted by molar-refractivity contribution is -0.118. The Morgan fingerprint density at radius 1 is 1.13 bits per heavy atom. The van der Waals surface area contributed by atoms with E-state index in [4.69, 9.17) is 4.74 Å². The van der Waals surface area contributed by atoms with Gasteiger partial charge in [-0.2, -0.15) is 5.10 Å². The van der Waals surface area contributed by atoms with E-state index >= 15 is 0 Å². The number of pyridine rings is 1. The van der Waals surface area contributed by atoms with Crippen molar-refractivity contribution < 1.29 is 19.1 Å². The maximum atomic E-state index is 12.3. The third-order valence-corrected chi connectivity index (χ3v) is 4.73. The Bertz CT molecular complexity index is 1090. The monoisotopic (exact) mass is 408 g/mol. The topological polar surface area (TPSA) is 103 Å². The second-order valence-corrected chi connectivity index (χ2v) is 7.09. The number of Topliss-reactive ketones (excluding diaryl/α,β-unsaturated/α-hetero) is 1. The van der Waals surface area contributed by atoms with Gasteiger partial charge < -0.3 is 10.1 Å². The van der Waals surface area contributed by atoms with E-state index in [2.05, 4.69) is 15.4 Å². The molecule has 0 aliphatic carbocycles. The van der Waals surface area contributed by atoms with Crippen LogP contribution in [-0.2, 0) is 23.0 Å². The molecule has 1 amide bonds. The molecule has 0 saturated heterocycles. The number of esters is 1. The number of ether oxygens (including phenoxy) is 1. The van der Waals surface area contributed by atoms with E-state index in [-0.39, 0.29) is 23.9 Å². The Kier molecular flexibility index (Phi) is 6.56. The fourth-order valence-corrected chi connectivity index (χ4v) is 3.13. The first-order chi connectivity index (χ1) is 14.3. The standard InChI is InChI=1S/C22H24N4O4/c1-14-19-11-18(12-24-21(19)26(3)25-14)22(29)30-13-20(28)17-8-6-16(7-9-17)5-4-10-23-15(2)27/h6-9,11-12H,4-5,10,13H2,1-3H3,(H,23,27). The highest BCUT2D eigenvalue weighted by Crippen LogP contribution is 2.17. The molecular weight excluding hydrogens is 384 g/mol. The molecule has 3 aromatic rings. The minimum atomic E-state index is -0.601. The number of amides is 1. The van der Waals surface area contributed by atoms with Crippen LogP contribution in [0, 0.1) is 6.92 Å². The smallest absolute Gasteiger partial charge is 0.340 e. The number of rotatable bonds is 8. The van der Waals surface area contributed by atoms with E-state index in [1.165, 1.54) is 13.1 Å². The van der Waals surface area contributed by atoms with Crippen molar-refractivity contribution in [2.45, 2.75) is 26.7 Å². The molecule has 3 rings (SSSR count). The van der Waals surface area contributed by atoms with E-state index in [0.717, 1.165) is 29.5 Å². The first kappa shape index (κ1) is 21.2. The van der Waals surface area contributed by atoms with Gasteiger partial charge in [-0.3, -0.25) is 14.3 Å². The zero-order chi connectivity index (χ0) is 21.7. The number of benzene rings is 1. The van der Waals surface area contributed by atoms with Crippen LogP contribution >= 0.6 is 0 Å². The van der Waals surface area contributed by atoms with E-state index < -0.39 is 5.97 Å². The van der Waals surface area contributed by atoms with Crippen LogP contribution in [0.2, 0.25) is 0 Å². The van der Waals surface area contributed by atoms with Crippen molar-refractivity contribution in [3.63, 3.8) is 0 Å². The SMILES string of the molecule is CC(=O)NCCCc1ccc(C(=O)COC(=O)c2cnc3c(c2)c(C)nn3C)cc1. The Labute approximate surface area is 174 Å². The number of fused-ring (bicyclic) bond motifs is 1. The average Bonchev–Trinajstić information content (AvgIpc) is 3.02. The molecule has 0 bridgehead atoms. The molecule has 0 spiro atoms. The molecule has 0 aliphatic heterocycles. The molecule has 2 aromatic heterocycles. The van der Waals surface area contributed by atoms with Gasteiger partial charge in [0.05, 0.1) is 11.3 Å². The first-order valence-corrected chi connectivity index (χ1v) is 9.68. The van der Waals surface area contributed by atoms with E-state index in [1.54, 1.807) is 29.9 Å². The molecule has 8 heteroatoms. The summed E-state index contributed by atoms with van der Waals surface area (Å²) >= 11 is 0. The van der Waals surface area contributed by atoms with Gasteiger partial charge in [-0.25, -0.2) is 9.78 Å². The summed E-state index contributed by atoms with van der Waals surface area (Å²) in [7, 11) is 1.79. The quantitative estimate of drug-likeness (QED) is 0.349. The number of nitrogens with one attached hydrogen (secondary N) is 1. The van der Waals surface area contributed by atoms with E-state index in [9.17, 15) is 14.4 Å². The molecule has 1 N–H and O–H groups in total. The van der Waals surface area contributed by atoms with Crippen molar-refractivity contribution in [3.8, 4) is 0 Å². The Morgan fingerprint density at radius 3 is 2.57 bits per heavy atom. The highest BCUT2D eigenvalue weighted by molar-refractivity contribution is 6.00. The molecule has 30 heavy (non-hydrogen) atoms. The number of carbonyl (C=O) groups excluding carboxylic acids is 3. The van der Waals surface area contributed by atoms with Crippen LogP contribution in [0.3, 0.4) is 0 Å². The number of aromatic nitrogens is 3. The Hall–Kier alpha value is -3.55. The van der Waals surface area contributed by atoms with Gasteiger partial charge >= 0.3 is 5.97 Å². The van der Waals surface area contributed by atoms with Gasteiger partial charge in [0.2, 0.25) is 5.91 Å². The molecule has 2 heterocycles. The van der Waals surface area contributed by atoms with Gasteiger partial charge in [0.1, 0.15) is 0 Å². The zero-order valence-electron chi connectivity index (χ0n) is 17.3. The van der Waals surface area contributed by atoms with Crippen LogP contribution in [0.1, 0.15) is 45.3 Å². The summed E-state index contributed by atoms with van der Waals surface area (Å²) in [5.41, 5.74) is 3.27. The largest absolute Gasteiger partial charge is 0.454 e. The molecule has 8 nitrogen and oxygen atoms in total. The fourth-order valence-electron chi connectivity index (χ4n) is 3.13. The number of nitrogens with zero attached hydrogens (tertiary/aromatic N) is 3. The van der Waals surface area contributed by atoms with Gasteiger partial charge in [0.25, 0.3) is 0 Å². The molecule has 1 aromatic carbocycles. The molecular formula is C22H24N4O4. The van der Waals surface area contributed by atoms with Crippen LogP contribution < -0.4 is 5.32 Å². The van der Waals surface area contributed by atoms with E-state index in [1.807, 2.05) is 19.1 Å². The molecule has 0 unspecified atom stereocenters. The summed E-state index contributed by atoms with van der Waals surface area (Å²) in [5, 5.41) is 7.79. The van der Waals surface area contributed by atoms with Gasteiger partial charge in [-0.15, -0.1) is 0 Å². The maximum absolute atomic E-state index is 12.3. The van der Waals surface area contributed by atoms with Crippen LogP contribution in [0.15, 0.2) is 36.5 Å². The van der Waals surface area contributed by atoms with Gasteiger partial charge in [0, 0.05) is 37.7 Å². The highest BCUT2D eigenvalue weighted by atomic mass is 16.5. The summed E-state index contributed by atoms with van der Waals surface area (Å²) in [6.07, 6.45) is 3.04. The van der Waals surface area contributed by atoms with Crippen LogP contribution in [0.25, 0.3) is 11.0 Å². The molecule has 0 fully saturated rings. The van der Waals surface area contributed by atoms with Gasteiger partial charge in [0.15, 0.2) is 18.0 Å². The van der Waals surface area contributed by atoms with E-state index in [0.29, 0.717) is 17.8 Å². The maximum Gasteiger partial charge on any atom is 0.340 e. The van der Waals surface area contributed by atoms with Crippen molar-refractivity contribution in [1.82, 2.24) is 20.1 Å². The number of aryl methyl sites for hydroxylation is 3. The highest BCUT2D eigenvalue weighted by Gasteiger charge is 2.15. The van der Waals surface area contributed by atoms with Crippen molar-refractivity contribution in [2.75, 3.05) is 13.2 Å². The lowest BCUT2D eigenvalue weighted by Gasteiger charge is -2.06. The van der Waals surface area contributed by atoms with Crippen LogP contribution in [0.4, 0.5) is 0 Å². The lowest BCUT2D eigenvalue weighted by Crippen LogP contribution is -2.21. The van der Waals surface area contributed by atoms with Crippen molar-refractivity contribution >= 4 is 28.7 Å². The number of hydrogen-bond donors (Lipinski definition) is 1. The second kappa shape index (κ2) is 9.30. The second-order valence-electron chi connectivity index (χ2n) is 7.09. The fraction of sp³-hybridized carbons (Fsp3) is 0.318. The first-order valence-electron chi connectivity index (χ1n) is 9.68.